The lowest BCUT2D eigenvalue weighted by atomic mass is 9.86. The number of aryl methyl sites for hydroxylation is 1. The molecule has 1 aliphatic rings. The number of carbonyl (C=O) groups is 1. The fourth-order valence-corrected chi connectivity index (χ4v) is 3.81. The molecule has 6 heteroatoms. The van der Waals surface area contributed by atoms with Gasteiger partial charge in [0.05, 0.1) is 0 Å². The van der Waals surface area contributed by atoms with Gasteiger partial charge in [-0.2, -0.15) is 5.10 Å². The fraction of sp³-hybridized carbons (Fsp3) is 0.524. The first-order chi connectivity index (χ1) is 12.7. The molecule has 0 radical (unpaired) electrons. The normalized spacial score (nSPS) is 18.7. The van der Waals surface area contributed by atoms with E-state index in [1.165, 1.54) is 0 Å². The number of benzene rings is 1. The summed E-state index contributed by atoms with van der Waals surface area (Å²) in [6.07, 6.45) is 5.84. The molecule has 0 aliphatic carbocycles. The largest absolute Gasteiger partial charge is 0.507 e. The molecule has 1 atom stereocenters. The number of likely N-dealkylation sites (N-methyl/N-ethyl adjacent to an activating group) is 1. The number of ether oxygens (including phenoxy) is 1. The topological polar surface area (TPSA) is 67.6 Å². The minimum absolute atomic E-state index is 0.00334. The third-order valence-electron chi connectivity index (χ3n) is 5.76. The van der Waals surface area contributed by atoms with Crippen LogP contribution in [-0.4, -0.2) is 44.9 Å². The Balaban J connectivity index is 1.72. The summed E-state index contributed by atoms with van der Waals surface area (Å²) in [5.74, 6) is 1.09. The molecule has 1 aromatic heterocycles. The molecular weight excluding hydrogens is 342 g/mol. The zero-order chi connectivity index (χ0) is 19.8. The second kappa shape index (κ2) is 7.25. The monoisotopic (exact) mass is 371 g/mol. The average molecular weight is 371 g/mol. The number of hydrogen-bond acceptors (Lipinski definition) is 4. The number of rotatable bonds is 5. The summed E-state index contributed by atoms with van der Waals surface area (Å²) in [5.41, 5.74) is 2.72. The highest BCUT2D eigenvalue weighted by Gasteiger charge is 2.42. The number of phenols is 1. The third-order valence-corrected chi connectivity index (χ3v) is 5.76. The van der Waals surface area contributed by atoms with Crippen molar-refractivity contribution in [2.45, 2.75) is 59.1 Å². The second-order valence-electron chi connectivity index (χ2n) is 7.71. The maximum Gasteiger partial charge on any atom is 0.266 e. The molecule has 0 unspecified atom stereocenters. The van der Waals surface area contributed by atoms with Crippen molar-refractivity contribution in [2.75, 3.05) is 13.6 Å². The molecule has 27 heavy (non-hydrogen) atoms. The predicted molar refractivity (Wildman–Crippen MR) is 104 cm³/mol. The van der Waals surface area contributed by atoms with Gasteiger partial charge in [-0.1, -0.05) is 0 Å². The quantitative estimate of drug-likeness (QED) is 0.877. The molecule has 1 N–H and O–H groups in total. The van der Waals surface area contributed by atoms with Crippen LogP contribution >= 0.6 is 0 Å². The van der Waals surface area contributed by atoms with E-state index in [4.69, 9.17) is 4.74 Å². The number of phenolic OH excluding ortho intramolecular Hbond substituents is 1. The Morgan fingerprint density at radius 1 is 1.33 bits per heavy atom. The van der Waals surface area contributed by atoms with Crippen molar-refractivity contribution in [3.8, 4) is 11.5 Å². The van der Waals surface area contributed by atoms with E-state index in [0.29, 0.717) is 18.7 Å². The van der Waals surface area contributed by atoms with Crippen molar-refractivity contribution in [2.24, 2.45) is 0 Å². The molecular formula is C21H29N3O3. The van der Waals surface area contributed by atoms with Crippen molar-refractivity contribution in [3.05, 3.63) is 40.7 Å². The zero-order valence-corrected chi connectivity index (χ0v) is 16.9. The van der Waals surface area contributed by atoms with Crippen molar-refractivity contribution in [1.29, 1.82) is 0 Å². The van der Waals surface area contributed by atoms with E-state index < -0.39 is 5.60 Å². The molecule has 6 nitrogen and oxygen atoms in total. The molecule has 1 aliphatic heterocycles. The minimum atomic E-state index is -0.881. The van der Waals surface area contributed by atoms with Gasteiger partial charge in [-0.15, -0.1) is 0 Å². The molecule has 1 amide bonds. The standard InChI is InChI=1S/C21H29N3O3/c1-14-15(2)19-17(16(3)18(14)25)8-9-21(4,27-19)20(26)23(5)11-7-13-24-12-6-10-22-24/h6,10,12,25H,7-9,11,13H2,1-5H3/t21-/m0/s1. The van der Waals surface area contributed by atoms with Gasteiger partial charge in [-0.25, -0.2) is 0 Å². The number of aromatic hydroxyl groups is 1. The van der Waals surface area contributed by atoms with E-state index in [9.17, 15) is 9.90 Å². The maximum atomic E-state index is 13.1. The highest BCUT2D eigenvalue weighted by atomic mass is 16.5. The summed E-state index contributed by atoms with van der Waals surface area (Å²) in [4.78, 5) is 14.9. The van der Waals surface area contributed by atoms with Crippen LogP contribution in [-0.2, 0) is 17.8 Å². The van der Waals surface area contributed by atoms with Crippen molar-refractivity contribution in [3.63, 3.8) is 0 Å². The van der Waals surface area contributed by atoms with E-state index in [1.54, 1.807) is 11.1 Å². The number of fused-ring (bicyclic) bond motifs is 1. The lowest BCUT2D eigenvalue weighted by molar-refractivity contribution is -0.147. The highest BCUT2D eigenvalue weighted by molar-refractivity contribution is 5.85. The predicted octanol–water partition coefficient (Wildman–Crippen LogP) is 3.15. The lowest BCUT2D eigenvalue weighted by Gasteiger charge is -2.38. The van der Waals surface area contributed by atoms with Crippen LogP contribution in [0, 0.1) is 20.8 Å². The highest BCUT2D eigenvalue weighted by Crippen LogP contribution is 2.43. The van der Waals surface area contributed by atoms with E-state index in [2.05, 4.69) is 5.10 Å². The Morgan fingerprint density at radius 2 is 2.07 bits per heavy atom. The van der Waals surface area contributed by atoms with Gasteiger partial charge in [0.15, 0.2) is 5.60 Å². The average Bonchev–Trinajstić information content (AvgIpc) is 3.17. The molecule has 0 fully saturated rings. The Bertz CT molecular complexity index is 845. The van der Waals surface area contributed by atoms with Crippen LogP contribution in [0.3, 0.4) is 0 Å². The van der Waals surface area contributed by atoms with Crippen molar-refractivity contribution >= 4 is 5.91 Å². The molecule has 0 saturated carbocycles. The summed E-state index contributed by atoms with van der Waals surface area (Å²) in [7, 11) is 1.83. The maximum absolute atomic E-state index is 13.1. The molecule has 0 bridgehead atoms. The van der Waals surface area contributed by atoms with Crippen LogP contribution in [0.2, 0.25) is 0 Å². The Kier molecular flexibility index (Phi) is 5.18. The van der Waals surface area contributed by atoms with Gasteiger partial charge in [-0.05, 0) is 63.3 Å². The van der Waals surface area contributed by atoms with Crippen molar-refractivity contribution < 1.29 is 14.6 Å². The van der Waals surface area contributed by atoms with Crippen LogP contribution in [0.4, 0.5) is 0 Å². The number of amides is 1. The first kappa shape index (κ1) is 19.3. The van der Waals surface area contributed by atoms with Crippen LogP contribution in [0.1, 0.15) is 42.0 Å². The van der Waals surface area contributed by atoms with Gasteiger partial charge in [0.25, 0.3) is 5.91 Å². The lowest BCUT2D eigenvalue weighted by Crippen LogP contribution is -2.51. The van der Waals surface area contributed by atoms with Crippen LogP contribution in [0.5, 0.6) is 11.5 Å². The van der Waals surface area contributed by atoms with Gasteiger partial charge in [0.2, 0.25) is 0 Å². The second-order valence-corrected chi connectivity index (χ2v) is 7.71. The molecule has 1 aromatic carbocycles. The Labute approximate surface area is 160 Å². The summed E-state index contributed by atoms with van der Waals surface area (Å²) in [6.45, 7) is 9.04. The molecule has 2 aromatic rings. The van der Waals surface area contributed by atoms with Gasteiger partial charge < -0.3 is 14.7 Å². The summed E-state index contributed by atoms with van der Waals surface area (Å²) >= 11 is 0. The SMILES string of the molecule is Cc1c(C)c2c(c(C)c1O)CC[C@@](C)(C(=O)N(C)CCCn1cccn1)O2. The fourth-order valence-electron chi connectivity index (χ4n) is 3.81. The number of carbonyl (C=O) groups excluding carboxylic acids is 1. The number of hydrogen-bond donors (Lipinski definition) is 1. The summed E-state index contributed by atoms with van der Waals surface area (Å²) in [6, 6.07) is 1.90. The van der Waals surface area contributed by atoms with Crippen molar-refractivity contribution in [1.82, 2.24) is 14.7 Å². The minimum Gasteiger partial charge on any atom is -0.507 e. The molecule has 0 saturated heterocycles. The number of nitrogens with zero attached hydrogens (tertiary/aromatic N) is 3. The van der Waals surface area contributed by atoms with E-state index in [1.807, 2.05) is 51.7 Å². The summed E-state index contributed by atoms with van der Waals surface area (Å²) < 4.78 is 8.15. The van der Waals surface area contributed by atoms with Gasteiger partial charge in [-0.3, -0.25) is 9.48 Å². The molecule has 2 heterocycles. The van der Waals surface area contributed by atoms with Gasteiger partial charge in [0, 0.05) is 44.5 Å². The first-order valence-electron chi connectivity index (χ1n) is 9.48. The first-order valence-corrected chi connectivity index (χ1v) is 9.48. The van der Waals surface area contributed by atoms with Crippen LogP contribution in [0.15, 0.2) is 18.5 Å². The molecule has 0 spiro atoms. The Morgan fingerprint density at radius 3 is 2.74 bits per heavy atom. The Hall–Kier alpha value is -2.50. The van der Waals surface area contributed by atoms with E-state index >= 15 is 0 Å². The molecule has 146 valence electrons. The zero-order valence-electron chi connectivity index (χ0n) is 16.9. The van der Waals surface area contributed by atoms with Gasteiger partial charge in [0.1, 0.15) is 11.5 Å². The number of aromatic nitrogens is 2. The molecule has 3 rings (SSSR count). The van der Waals surface area contributed by atoms with E-state index in [-0.39, 0.29) is 5.91 Å². The summed E-state index contributed by atoms with van der Waals surface area (Å²) in [5, 5.41) is 14.5. The third kappa shape index (κ3) is 3.53. The smallest absolute Gasteiger partial charge is 0.266 e. The van der Waals surface area contributed by atoms with Gasteiger partial charge >= 0.3 is 0 Å². The van der Waals surface area contributed by atoms with Crippen LogP contribution in [0.25, 0.3) is 0 Å². The van der Waals surface area contributed by atoms with E-state index in [0.717, 1.165) is 47.4 Å². The van der Waals surface area contributed by atoms with Crippen LogP contribution < -0.4 is 4.74 Å².